The summed E-state index contributed by atoms with van der Waals surface area (Å²) in [6.45, 7) is 2.08. The van der Waals surface area contributed by atoms with E-state index in [0.717, 1.165) is 5.56 Å². The van der Waals surface area contributed by atoms with Crippen molar-refractivity contribution in [3.05, 3.63) is 52.8 Å². The molecule has 1 aromatic rings. The van der Waals surface area contributed by atoms with E-state index in [1.54, 1.807) is 25.1 Å². The molecular weight excluding hydrogens is 252 g/mol. The Morgan fingerprint density at radius 3 is 2.72 bits per heavy atom. The van der Waals surface area contributed by atoms with Gasteiger partial charge in [0.2, 0.25) is 0 Å². The molecule has 0 amide bonds. The number of allylic oxidation sites excluding steroid dienone is 1. The molecule has 1 aromatic carbocycles. The van der Waals surface area contributed by atoms with E-state index in [9.17, 15) is 4.79 Å². The van der Waals surface area contributed by atoms with Crippen LogP contribution < -0.4 is 0 Å². The lowest BCUT2D eigenvalue weighted by Gasteiger charge is -2.01. The Bertz CT molecular complexity index is 464. The average molecular weight is 267 g/mol. The Morgan fingerprint density at radius 2 is 2.11 bits per heavy atom. The molecule has 0 radical (unpaired) electrons. The van der Waals surface area contributed by atoms with Gasteiger partial charge in [0.25, 0.3) is 0 Å². The molecule has 3 nitrogen and oxygen atoms in total. The normalized spacial score (nSPS) is 11.6. The zero-order chi connectivity index (χ0) is 13.4. The average Bonchev–Trinajstić information content (AvgIpc) is 2.36. The zero-order valence-corrected chi connectivity index (χ0v) is 11.1. The van der Waals surface area contributed by atoms with Crippen molar-refractivity contribution in [2.24, 2.45) is 0 Å². The summed E-state index contributed by atoms with van der Waals surface area (Å²) in [5.74, 6) is -0.0217. The van der Waals surface area contributed by atoms with E-state index in [2.05, 4.69) is 0 Å². The van der Waals surface area contributed by atoms with Gasteiger partial charge in [-0.3, -0.25) is 0 Å². The van der Waals surface area contributed by atoms with E-state index in [1.807, 2.05) is 18.2 Å². The second-order valence-electron chi connectivity index (χ2n) is 3.36. The first-order valence-electron chi connectivity index (χ1n) is 5.52. The smallest absolute Gasteiger partial charge is 0.334 e. The van der Waals surface area contributed by atoms with Crippen LogP contribution in [-0.2, 0) is 14.3 Å². The van der Waals surface area contributed by atoms with Crippen molar-refractivity contribution in [1.29, 1.82) is 0 Å². The van der Waals surface area contributed by atoms with Crippen molar-refractivity contribution in [1.82, 2.24) is 0 Å². The summed E-state index contributed by atoms with van der Waals surface area (Å²) in [4.78, 5) is 11.3. The number of rotatable bonds is 5. The molecule has 0 aliphatic carbocycles. The quantitative estimate of drug-likeness (QED) is 0.354. The summed E-state index contributed by atoms with van der Waals surface area (Å²) < 4.78 is 9.85. The van der Waals surface area contributed by atoms with Crippen LogP contribution in [0.1, 0.15) is 12.5 Å². The molecule has 0 aliphatic rings. The van der Waals surface area contributed by atoms with Gasteiger partial charge >= 0.3 is 5.97 Å². The van der Waals surface area contributed by atoms with Crippen LogP contribution in [0, 0.1) is 0 Å². The number of methoxy groups -OCH3 is 1. The van der Waals surface area contributed by atoms with E-state index >= 15 is 0 Å². The Morgan fingerprint density at radius 1 is 1.39 bits per heavy atom. The first-order chi connectivity index (χ1) is 8.67. The monoisotopic (exact) mass is 266 g/mol. The maximum atomic E-state index is 11.3. The molecule has 0 saturated carbocycles. The van der Waals surface area contributed by atoms with Crippen molar-refractivity contribution in [2.75, 3.05) is 13.7 Å². The second-order valence-corrected chi connectivity index (χ2v) is 3.76. The summed E-state index contributed by atoms with van der Waals surface area (Å²) in [7, 11) is 1.49. The predicted molar refractivity (Wildman–Crippen MR) is 72.2 cm³/mol. The van der Waals surface area contributed by atoms with Gasteiger partial charge in [-0.05, 0) is 30.7 Å². The lowest BCUT2D eigenvalue weighted by atomic mass is 10.2. The molecular formula is C14H15ClO3. The maximum Gasteiger partial charge on any atom is 0.334 e. The summed E-state index contributed by atoms with van der Waals surface area (Å²) >= 11 is 6.00. The minimum absolute atomic E-state index is 0.334. The molecule has 18 heavy (non-hydrogen) atoms. The third-order valence-corrected chi connectivity index (χ3v) is 2.46. The highest BCUT2D eigenvalue weighted by Gasteiger charge is 2.00. The molecule has 0 spiro atoms. The van der Waals surface area contributed by atoms with Crippen molar-refractivity contribution < 1.29 is 14.3 Å². The second kappa shape index (κ2) is 7.56. The van der Waals surface area contributed by atoms with Crippen molar-refractivity contribution in [3.63, 3.8) is 0 Å². The number of benzene rings is 1. The lowest BCUT2D eigenvalue weighted by Crippen LogP contribution is -2.01. The highest BCUT2D eigenvalue weighted by molar-refractivity contribution is 6.32. The molecule has 0 unspecified atom stereocenters. The molecule has 0 saturated heterocycles. The van der Waals surface area contributed by atoms with Gasteiger partial charge in [-0.25, -0.2) is 4.79 Å². The molecule has 4 heteroatoms. The molecule has 0 N–H and O–H groups in total. The Labute approximate surface area is 112 Å². The summed E-state index contributed by atoms with van der Waals surface area (Å²) in [6.07, 6.45) is 4.73. The minimum Gasteiger partial charge on any atom is -0.496 e. The number of ether oxygens (including phenoxy) is 2. The Kier molecular flexibility index (Phi) is 6.01. The molecule has 0 bridgehead atoms. The van der Waals surface area contributed by atoms with Gasteiger partial charge in [0.1, 0.15) is 5.76 Å². The molecule has 0 atom stereocenters. The number of hydrogen-bond donors (Lipinski definition) is 0. The van der Waals surface area contributed by atoms with Crippen molar-refractivity contribution in [3.8, 4) is 0 Å². The summed E-state index contributed by atoms with van der Waals surface area (Å²) in [5, 5.41) is 0.639. The van der Waals surface area contributed by atoms with Gasteiger partial charge in [0.15, 0.2) is 0 Å². The number of hydrogen-bond acceptors (Lipinski definition) is 3. The van der Waals surface area contributed by atoms with Gasteiger partial charge in [-0.2, -0.15) is 0 Å². The standard InChI is InChI=1S/C14H15ClO3/c1-3-18-14(16)10-12(17-2)9-8-11-6-4-5-7-13(11)15/h4-10H,3H2,1-2H3. The fourth-order valence-electron chi connectivity index (χ4n) is 1.26. The largest absolute Gasteiger partial charge is 0.496 e. The minimum atomic E-state index is -0.432. The van der Waals surface area contributed by atoms with E-state index in [-0.39, 0.29) is 0 Å². The molecule has 1 rings (SSSR count). The van der Waals surface area contributed by atoms with Crippen LogP contribution in [0.3, 0.4) is 0 Å². The van der Waals surface area contributed by atoms with Gasteiger partial charge in [0.05, 0.1) is 19.8 Å². The highest BCUT2D eigenvalue weighted by Crippen LogP contribution is 2.17. The molecule has 0 aromatic heterocycles. The zero-order valence-electron chi connectivity index (χ0n) is 10.4. The Balaban J connectivity index is 2.80. The predicted octanol–water partition coefficient (Wildman–Crippen LogP) is 3.45. The van der Waals surface area contributed by atoms with Crippen LogP contribution in [0.2, 0.25) is 5.02 Å². The van der Waals surface area contributed by atoms with Crippen molar-refractivity contribution >= 4 is 23.6 Å². The van der Waals surface area contributed by atoms with Gasteiger partial charge in [-0.1, -0.05) is 29.8 Å². The number of carbonyl (C=O) groups is 1. The van der Waals surface area contributed by atoms with Crippen LogP contribution >= 0.6 is 11.6 Å². The maximum absolute atomic E-state index is 11.3. The molecule has 0 aliphatic heterocycles. The van der Waals surface area contributed by atoms with Crippen LogP contribution in [0.4, 0.5) is 0 Å². The van der Waals surface area contributed by atoms with E-state index in [4.69, 9.17) is 21.1 Å². The third kappa shape index (κ3) is 4.63. The number of halogens is 1. The van der Waals surface area contributed by atoms with Crippen LogP contribution in [0.25, 0.3) is 6.08 Å². The van der Waals surface area contributed by atoms with E-state index < -0.39 is 5.97 Å². The van der Waals surface area contributed by atoms with Crippen LogP contribution in [0.5, 0.6) is 0 Å². The summed E-state index contributed by atoms with van der Waals surface area (Å²) in [5.41, 5.74) is 0.853. The van der Waals surface area contributed by atoms with E-state index in [0.29, 0.717) is 17.4 Å². The number of carbonyl (C=O) groups excluding carboxylic acids is 1. The van der Waals surface area contributed by atoms with Crippen LogP contribution in [0.15, 0.2) is 42.2 Å². The van der Waals surface area contributed by atoms with Crippen LogP contribution in [-0.4, -0.2) is 19.7 Å². The van der Waals surface area contributed by atoms with Crippen molar-refractivity contribution in [2.45, 2.75) is 6.92 Å². The number of esters is 1. The Hall–Kier alpha value is -1.74. The summed E-state index contributed by atoms with van der Waals surface area (Å²) in [6, 6.07) is 7.40. The van der Waals surface area contributed by atoms with Gasteiger partial charge in [0, 0.05) is 5.02 Å². The topological polar surface area (TPSA) is 35.5 Å². The molecule has 96 valence electrons. The SMILES string of the molecule is CCOC(=O)C=C(C=Cc1ccccc1Cl)OC. The first kappa shape index (κ1) is 14.3. The third-order valence-electron chi connectivity index (χ3n) is 2.11. The fourth-order valence-corrected chi connectivity index (χ4v) is 1.46. The molecule has 0 fully saturated rings. The van der Waals surface area contributed by atoms with Gasteiger partial charge < -0.3 is 9.47 Å². The molecule has 0 heterocycles. The highest BCUT2D eigenvalue weighted by atomic mass is 35.5. The fraction of sp³-hybridized carbons (Fsp3) is 0.214. The van der Waals surface area contributed by atoms with E-state index in [1.165, 1.54) is 13.2 Å². The first-order valence-corrected chi connectivity index (χ1v) is 5.90. The lowest BCUT2D eigenvalue weighted by molar-refractivity contribution is -0.137. The van der Waals surface area contributed by atoms with Gasteiger partial charge in [-0.15, -0.1) is 0 Å².